The Morgan fingerprint density at radius 1 is 1.82 bits per heavy atom. The molecular formula is C5H5ClN2O2S. The Morgan fingerprint density at radius 2 is 2.36 bits per heavy atom. The molecule has 0 bridgehead atoms. The molecule has 0 radical (unpaired) electrons. The molecule has 0 fully saturated rings. The lowest BCUT2D eigenvalue weighted by atomic mass is 10.7. The fourth-order valence-electron chi connectivity index (χ4n) is 0.310. The second-order valence-corrected chi connectivity index (χ2v) is 2.05. The number of carboxylic acid groups (broad SMARTS) is 1. The molecule has 0 amide bonds. The van der Waals surface area contributed by atoms with Gasteiger partial charge in [0.05, 0.1) is 0 Å². The van der Waals surface area contributed by atoms with Crippen molar-refractivity contribution in [3.63, 3.8) is 0 Å². The maximum atomic E-state index is 8.77. The fraction of sp³-hybridized carbons (Fsp3) is 0. The Balaban J connectivity index is 0.000000218. The first-order valence-electron chi connectivity index (χ1n) is 2.51. The molecule has 6 heteroatoms. The average Bonchev–Trinajstić information content (AvgIpc) is 1.87. The van der Waals surface area contributed by atoms with Crippen molar-refractivity contribution in [2.75, 3.05) is 0 Å². The zero-order chi connectivity index (χ0) is 8.69. The molecule has 1 aromatic rings. The summed E-state index contributed by atoms with van der Waals surface area (Å²) in [4.78, 5) is 15.2. The van der Waals surface area contributed by atoms with Gasteiger partial charge in [-0.15, -0.1) is 0 Å². The fourth-order valence-corrected chi connectivity index (χ4v) is 0.439. The number of nitrogens with zero attached hydrogens (tertiary/aromatic N) is 1. The van der Waals surface area contributed by atoms with Gasteiger partial charge in [-0.2, -0.15) is 0 Å². The van der Waals surface area contributed by atoms with Crippen LogP contribution in [0.1, 0.15) is 0 Å². The van der Waals surface area contributed by atoms with Crippen LogP contribution < -0.4 is 0 Å². The molecule has 60 valence electrons. The number of halogens is 1. The van der Waals surface area contributed by atoms with Gasteiger partial charge in [0.25, 0.3) is 0 Å². The monoisotopic (exact) mass is 192 g/mol. The van der Waals surface area contributed by atoms with Crippen molar-refractivity contribution in [3.05, 3.63) is 23.2 Å². The van der Waals surface area contributed by atoms with Crippen molar-refractivity contribution < 1.29 is 9.90 Å². The van der Waals surface area contributed by atoms with Crippen molar-refractivity contribution in [1.82, 2.24) is 9.97 Å². The molecule has 0 saturated heterocycles. The Hall–Kier alpha value is -0.940. The Labute approximate surface area is 72.9 Å². The third kappa shape index (κ3) is 9.06. The molecule has 0 atom stereocenters. The molecule has 1 aromatic heterocycles. The number of nitrogens with one attached hydrogen (secondary N) is 1. The molecular weight excluding hydrogens is 188 g/mol. The SMILES string of the molecule is O=C(O)Cl.S=c1nccc[nH]1. The summed E-state index contributed by atoms with van der Waals surface area (Å²) in [5, 5.41) is 7.18. The maximum Gasteiger partial charge on any atom is 0.401 e. The van der Waals surface area contributed by atoms with E-state index in [2.05, 4.69) is 33.8 Å². The number of carbonyl (C=O) groups is 1. The minimum Gasteiger partial charge on any atom is -0.469 e. The van der Waals surface area contributed by atoms with Crippen molar-refractivity contribution in [2.45, 2.75) is 0 Å². The standard InChI is InChI=1S/C4H4N2S.CHClO2/c7-4-5-2-1-3-6-4;2-1(3)4/h1-3H,(H,5,6,7);(H,3,4). The molecule has 11 heavy (non-hydrogen) atoms. The molecule has 0 spiro atoms. The first-order chi connectivity index (χ1) is 5.13. The highest BCUT2D eigenvalue weighted by molar-refractivity contribution is 7.71. The lowest BCUT2D eigenvalue weighted by Gasteiger charge is -1.75. The molecule has 0 unspecified atom stereocenters. The molecule has 0 saturated carbocycles. The molecule has 4 nitrogen and oxygen atoms in total. The number of H-pyrrole nitrogens is 1. The molecule has 2 N–H and O–H groups in total. The van der Waals surface area contributed by atoms with E-state index in [0.717, 1.165) is 0 Å². The van der Waals surface area contributed by atoms with E-state index in [1.54, 1.807) is 18.5 Å². The van der Waals surface area contributed by atoms with E-state index in [0.29, 0.717) is 4.77 Å². The predicted molar refractivity (Wildman–Crippen MR) is 43.3 cm³/mol. The van der Waals surface area contributed by atoms with E-state index >= 15 is 0 Å². The van der Waals surface area contributed by atoms with Gasteiger partial charge in [-0.25, -0.2) is 9.78 Å². The molecule has 0 aliphatic carbocycles. The van der Waals surface area contributed by atoms with Gasteiger partial charge < -0.3 is 10.1 Å². The van der Waals surface area contributed by atoms with Crippen LogP contribution in [-0.4, -0.2) is 20.5 Å². The lowest BCUT2D eigenvalue weighted by Crippen LogP contribution is -1.72. The number of aromatic amines is 1. The summed E-state index contributed by atoms with van der Waals surface area (Å²) in [5.74, 6) is 0. The topological polar surface area (TPSA) is 66.0 Å². The predicted octanol–water partition coefficient (Wildman–Crippen LogP) is 2.04. The molecule has 0 aliphatic rings. The van der Waals surface area contributed by atoms with Crippen LogP contribution >= 0.6 is 23.8 Å². The summed E-state index contributed by atoms with van der Waals surface area (Å²) in [6.07, 6.45) is 3.40. The van der Waals surface area contributed by atoms with Gasteiger partial charge >= 0.3 is 5.43 Å². The van der Waals surface area contributed by atoms with E-state index < -0.39 is 5.43 Å². The van der Waals surface area contributed by atoms with Crippen LogP contribution in [0.25, 0.3) is 0 Å². The highest BCUT2D eigenvalue weighted by Gasteiger charge is 1.71. The number of aromatic nitrogens is 2. The zero-order valence-electron chi connectivity index (χ0n) is 5.32. The van der Waals surface area contributed by atoms with E-state index in [4.69, 9.17) is 9.90 Å². The Morgan fingerprint density at radius 3 is 2.55 bits per heavy atom. The van der Waals surface area contributed by atoms with E-state index in [1.165, 1.54) is 0 Å². The molecule has 1 heterocycles. The largest absolute Gasteiger partial charge is 0.469 e. The Kier molecular flexibility index (Phi) is 5.32. The summed E-state index contributed by atoms with van der Waals surface area (Å²) in [5.41, 5.74) is -1.36. The van der Waals surface area contributed by atoms with E-state index in [1.807, 2.05) is 0 Å². The van der Waals surface area contributed by atoms with Gasteiger partial charge in [0, 0.05) is 24.0 Å². The minimum atomic E-state index is -1.36. The summed E-state index contributed by atoms with van der Waals surface area (Å²) in [6, 6.07) is 1.79. The van der Waals surface area contributed by atoms with Gasteiger partial charge in [0.15, 0.2) is 4.77 Å². The second-order valence-electron chi connectivity index (χ2n) is 1.34. The summed E-state index contributed by atoms with van der Waals surface area (Å²) in [6.45, 7) is 0. The average molecular weight is 193 g/mol. The van der Waals surface area contributed by atoms with Crippen molar-refractivity contribution in [2.24, 2.45) is 0 Å². The maximum absolute atomic E-state index is 8.77. The van der Waals surface area contributed by atoms with Crippen LogP contribution in [0.3, 0.4) is 0 Å². The van der Waals surface area contributed by atoms with Gasteiger partial charge in [0.2, 0.25) is 0 Å². The smallest absolute Gasteiger partial charge is 0.401 e. The normalized spacial score (nSPS) is 7.73. The highest BCUT2D eigenvalue weighted by atomic mass is 35.5. The first kappa shape index (κ1) is 10.1. The van der Waals surface area contributed by atoms with Gasteiger partial charge in [0.1, 0.15) is 0 Å². The van der Waals surface area contributed by atoms with Crippen molar-refractivity contribution in [3.8, 4) is 0 Å². The molecule has 1 rings (SSSR count). The van der Waals surface area contributed by atoms with Crippen LogP contribution in [0.15, 0.2) is 18.5 Å². The van der Waals surface area contributed by atoms with E-state index in [-0.39, 0.29) is 0 Å². The summed E-state index contributed by atoms with van der Waals surface area (Å²) in [7, 11) is 0. The second kappa shape index (κ2) is 5.82. The van der Waals surface area contributed by atoms with Gasteiger partial charge in [-0.05, 0) is 18.3 Å². The minimum absolute atomic E-state index is 0.530. The van der Waals surface area contributed by atoms with Crippen LogP contribution in [0.5, 0.6) is 0 Å². The van der Waals surface area contributed by atoms with Crippen LogP contribution in [-0.2, 0) is 0 Å². The van der Waals surface area contributed by atoms with Crippen molar-refractivity contribution in [1.29, 1.82) is 0 Å². The van der Waals surface area contributed by atoms with Crippen LogP contribution in [0, 0.1) is 4.77 Å². The summed E-state index contributed by atoms with van der Waals surface area (Å²) < 4.78 is 0.530. The highest BCUT2D eigenvalue weighted by Crippen LogP contribution is 1.73. The molecule has 0 aliphatic heterocycles. The quantitative estimate of drug-likeness (QED) is 0.488. The third-order valence-electron chi connectivity index (χ3n) is 0.581. The van der Waals surface area contributed by atoms with Crippen molar-refractivity contribution >= 4 is 29.2 Å². The zero-order valence-corrected chi connectivity index (χ0v) is 6.89. The number of rotatable bonds is 0. The van der Waals surface area contributed by atoms with Gasteiger partial charge in [-0.1, -0.05) is 0 Å². The number of hydrogen-bond donors (Lipinski definition) is 2. The third-order valence-corrected chi connectivity index (χ3v) is 0.804. The molecule has 0 aromatic carbocycles. The summed E-state index contributed by atoms with van der Waals surface area (Å²) >= 11 is 8.84. The first-order valence-corrected chi connectivity index (χ1v) is 3.29. The van der Waals surface area contributed by atoms with E-state index in [9.17, 15) is 0 Å². The number of hydrogen-bond acceptors (Lipinski definition) is 3. The Bertz CT molecular complexity index is 254. The van der Waals surface area contributed by atoms with Crippen LogP contribution in [0.4, 0.5) is 4.79 Å². The lowest BCUT2D eigenvalue weighted by molar-refractivity contribution is 0.220. The van der Waals surface area contributed by atoms with Crippen LogP contribution in [0.2, 0.25) is 0 Å². The van der Waals surface area contributed by atoms with Gasteiger partial charge in [-0.3, -0.25) is 0 Å².